The van der Waals surface area contributed by atoms with Crippen LogP contribution in [-0.4, -0.2) is 7.11 Å². The van der Waals surface area contributed by atoms with Crippen LogP contribution in [0.25, 0.3) is 0 Å². The Hall–Kier alpha value is -1.58. The zero-order valence-electron chi connectivity index (χ0n) is 9.98. The Kier molecular flexibility index (Phi) is 4.36. The minimum absolute atomic E-state index is 0.662. The van der Waals surface area contributed by atoms with E-state index in [-0.39, 0.29) is 0 Å². The molecule has 0 amide bonds. The van der Waals surface area contributed by atoms with Crippen LogP contribution in [0, 0.1) is 0 Å². The van der Waals surface area contributed by atoms with Gasteiger partial charge in [-0.2, -0.15) is 0 Å². The van der Waals surface area contributed by atoms with E-state index in [0.717, 1.165) is 18.7 Å². The third-order valence-corrected chi connectivity index (χ3v) is 2.54. The molecular formula is C14H17NO2. The Labute approximate surface area is 101 Å². The van der Waals surface area contributed by atoms with Crippen molar-refractivity contribution in [3.63, 3.8) is 0 Å². The van der Waals surface area contributed by atoms with Gasteiger partial charge in [-0.1, -0.05) is 24.3 Å². The van der Waals surface area contributed by atoms with Gasteiger partial charge in [0.25, 0.3) is 0 Å². The van der Waals surface area contributed by atoms with E-state index in [1.807, 2.05) is 6.07 Å². The minimum Gasteiger partial charge on any atom is -0.472 e. The minimum atomic E-state index is 0.662. The van der Waals surface area contributed by atoms with Crippen molar-refractivity contribution in [3.8, 4) is 0 Å². The molecule has 17 heavy (non-hydrogen) atoms. The average Bonchev–Trinajstić information content (AvgIpc) is 2.83. The smallest absolute Gasteiger partial charge is 0.0947 e. The summed E-state index contributed by atoms with van der Waals surface area (Å²) < 4.78 is 10.1. The second kappa shape index (κ2) is 6.23. The average molecular weight is 231 g/mol. The molecule has 0 aliphatic carbocycles. The molecule has 0 saturated carbocycles. The molecule has 1 aromatic heterocycles. The van der Waals surface area contributed by atoms with Gasteiger partial charge in [-0.3, -0.25) is 0 Å². The number of rotatable bonds is 6. The van der Waals surface area contributed by atoms with Crippen molar-refractivity contribution in [2.24, 2.45) is 0 Å². The maximum absolute atomic E-state index is 5.11. The molecule has 90 valence electrons. The number of hydrogen-bond acceptors (Lipinski definition) is 3. The van der Waals surface area contributed by atoms with Crippen LogP contribution in [0.3, 0.4) is 0 Å². The van der Waals surface area contributed by atoms with Crippen LogP contribution in [0.4, 0.5) is 0 Å². The van der Waals surface area contributed by atoms with Crippen molar-refractivity contribution in [2.75, 3.05) is 7.11 Å². The summed E-state index contributed by atoms with van der Waals surface area (Å²) in [5, 5.41) is 3.37. The molecule has 0 atom stereocenters. The molecule has 0 bridgehead atoms. The van der Waals surface area contributed by atoms with Crippen LogP contribution >= 0.6 is 0 Å². The van der Waals surface area contributed by atoms with Crippen molar-refractivity contribution in [3.05, 3.63) is 59.5 Å². The normalized spacial score (nSPS) is 10.6. The molecule has 0 saturated heterocycles. The van der Waals surface area contributed by atoms with Crippen molar-refractivity contribution >= 4 is 0 Å². The van der Waals surface area contributed by atoms with Crippen LogP contribution in [0.5, 0.6) is 0 Å². The first-order valence-electron chi connectivity index (χ1n) is 5.67. The monoisotopic (exact) mass is 231 g/mol. The van der Waals surface area contributed by atoms with Crippen molar-refractivity contribution in [1.29, 1.82) is 0 Å². The Bertz CT molecular complexity index is 437. The number of furan rings is 1. The lowest BCUT2D eigenvalue weighted by atomic mass is 10.1. The van der Waals surface area contributed by atoms with Crippen molar-refractivity contribution < 1.29 is 9.15 Å². The van der Waals surface area contributed by atoms with Gasteiger partial charge in [0.1, 0.15) is 0 Å². The van der Waals surface area contributed by atoms with Gasteiger partial charge in [0.2, 0.25) is 0 Å². The van der Waals surface area contributed by atoms with E-state index in [9.17, 15) is 0 Å². The third-order valence-electron chi connectivity index (χ3n) is 2.54. The van der Waals surface area contributed by atoms with Crippen molar-refractivity contribution in [1.82, 2.24) is 5.32 Å². The standard InChI is InChI=1S/C14H17NO2/c1-16-10-13-4-2-3-12(7-13)8-15-9-14-5-6-17-11-14/h2-7,11,15H,8-10H2,1H3. The Morgan fingerprint density at radius 2 is 1.94 bits per heavy atom. The van der Waals surface area contributed by atoms with Gasteiger partial charge in [-0.05, 0) is 17.2 Å². The molecule has 0 fully saturated rings. The van der Waals surface area contributed by atoms with Gasteiger partial charge in [-0.15, -0.1) is 0 Å². The molecule has 0 unspecified atom stereocenters. The highest BCUT2D eigenvalue weighted by Gasteiger charge is 1.97. The molecule has 2 aromatic rings. The van der Waals surface area contributed by atoms with E-state index in [0.29, 0.717) is 6.61 Å². The largest absolute Gasteiger partial charge is 0.472 e. The van der Waals surface area contributed by atoms with Gasteiger partial charge in [-0.25, -0.2) is 0 Å². The first kappa shape index (κ1) is 11.9. The van der Waals surface area contributed by atoms with Crippen molar-refractivity contribution in [2.45, 2.75) is 19.7 Å². The first-order chi connectivity index (χ1) is 8.38. The molecule has 0 spiro atoms. The molecule has 1 N–H and O–H groups in total. The molecule has 2 rings (SSSR count). The summed E-state index contributed by atoms with van der Waals surface area (Å²) in [4.78, 5) is 0. The summed E-state index contributed by atoms with van der Waals surface area (Å²) in [5.41, 5.74) is 3.64. The van der Waals surface area contributed by atoms with E-state index < -0.39 is 0 Å². The highest BCUT2D eigenvalue weighted by molar-refractivity contribution is 5.23. The Morgan fingerprint density at radius 1 is 1.12 bits per heavy atom. The number of hydrogen-bond donors (Lipinski definition) is 1. The fourth-order valence-corrected chi connectivity index (χ4v) is 1.74. The Balaban J connectivity index is 1.84. The lowest BCUT2D eigenvalue weighted by molar-refractivity contribution is 0.185. The van der Waals surface area contributed by atoms with E-state index in [1.54, 1.807) is 19.6 Å². The maximum atomic E-state index is 5.11. The van der Waals surface area contributed by atoms with Crippen LogP contribution in [0.15, 0.2) is 47.3 Å². The molecule has 3 heteroatoms. The summed E-state index contributed by atoms with van der Waals surface area (Å²) in [7, 11) is 1.71. The molecule has 0 radical (unpaired) electrons. The van der Waals surface area contributed by atoms with E-state index in [2.05, 4.69) is 29.6 Å². The summed E-state index contributed by atoms with van der Waals surface area (Å²) in [5.74, 6) is 0. The molecule has 1 aromatic carbocycles. The van der Waals surface area contributed by atoms with E-state index in [4.69, 9.17) is 9.15 Å². The Morgan fingerprint density at radius 3 is 2.71 bits per heavy atom. The van der Waals surface area contributed by atoms with Gasteiger partial charge in [0.15, 0.2) is 0 Å². The van der Waals surface area contributed by atoms with Crippen LogP contribution < -0.4 is 5.32 Å². The van der Waals surface area contributed by atoms with E-state index >= 15 is 0 Å². The fourth-order valence-electron chi connectivity index (χ4n) is 1.74. The second-order valence-electron chi connectivity index (χ2n) is 3.99. The summed E-state index contributed by atoms with van der Waals surface area (Å²) in [6.45, 7) is 2.34. The molecule has 0 aliphatic rings. The maximum Gasteiger partial charge on any atom is 0.0947 e. The summed E-state index contributed by atoms with van der Waals surface area (Å²) >= 11 is 0. The number of ether oxygens (including phenoxy) is 1. The molecule has 0 aliphatic heterocycles. The zero-order valence-corrected chi connectivity index (χ0v) is 9.98. The van der Waals surface area contributed by atoms with Gasteiger partial charge < -0.3 is 14.5 Å². The number of nitrogens with one attached hydrogen (secondary N) is 1. The second-order valence-corrected chi connectivity index (χ2v) is 3.99. The van der Waals surface area contributed by atoms with Crippen LogP contribution in [0.2, 0.25) is 0 Å². The first-order valence-corrected chi connectivity index (χ1v) is 5.67. The van der Waals surface area contributed by atoms with Gasteiger partial charge in [0.05, 0.1) is 19.1 Å². The lowest BCUT2D eigenvalue weighted by Crippen LogP contribution is -2.12. The summed E-state index contributed by atoms with van der Waals surface area (Å²) in [6.07, 6.45) is 3.45. The lowest BCUT2D eigenvalue weighted by Gasteiger charge is -2.05. The third kappa shape index (κ3) is 3.73. The molecular weight excluding hydrogens is 214 g/mol. The van der Waals surface area contributed by atoms with Gasteiger partial charge >= 0.3 is 0 Å². The SMILES string of the molecule is COCc1cccc(CNCc2ccoc2)c1. The predicted octanol–water partition coefficient (Wildman–Crippen LogP) is 2.72. The zero-order chi connectivity index (χ0) is 11.9. The quantitative estimate of drug-likeness (QED) is 0.830. The molecule has 3 nitrogen and oxygen atoms in total. The van der Waals surface area contributed by atoms with Crippen LogP contribution in [0.1, 0.15) is 16.7 Å². The topological polar surface area (TPSA) is 34.4 Å². The number of benzene rings is 1. The fraction of sp³-hybridized carbons (Fsp3) is 0.286. The van der Waals surface area contributed by atoms with E-state index in [1.165, 1.54) is 11.1 Å². The highest BCUT2D eigenvalue weighted by Crippen LogP contribution is 2.07. The van der Waals surface area contributed by atoms with Gasteiger partial charge in [0, 0.05) is 25.8 Å². The predicted molar refractivity (Wildman–Crippen MR) is 66.4 cm³/mol. The molecule has 1 heterocycles. The van der Waals surface area contributed by atoms with Crippen LogP contribution in [-0.2, 0) is 24.4 Å². The summed E-state index contributed by atoms with van der Waals surface area (Å²) in [6, 6.07) is 10.4. The highest BCUT2D eigenvalue weighted by atomic mass is 16.5. The number of methoxy groups -OCH3 is 1.